The van der Waals surface area contributed by atoms with Crippen LogP contribution < -0.4 is 0 Å². The van der Waals surface area contributed by atoms with Gasteiger partial charge in [0, 0.05) is 23.5 Å². The van der Waals surface area contributed by atoms with Gasteiger partial charge in [-0.1, -0.05) is 6.92 Å². The molecule has 1 heterocycles. The Balaban J connectivity index is 2.14. The Hall–Kier alpha value is -1.07. The van der Waals surface area contributed by atoms with Crippen LogP contribution in [-0.2, 0) is 0 Å². The van der Waals surface area contributed by atoms with E-state index >= 15 is 0 Å². The van der Waals surface area contributed by atoms with Crippen LogP contribution in [0.1, 0.15) is 23.7 Å². The number of carbonyl (C=O) groups excluding carboxylic acids is 1. The molecule has 0 saturated carbocycles. The molecule has 18 heavy (non-hydrogen) atoms. The van der Waals surface area contributed by atoms with Crippen LogP contribution in [-0.4, -0.2) is 35.1 Å². The van der Waals surface area contributed by atoms with E-state index in [2.05, 4.69) is 12.6 Å². The van der Waals surface area contributed by atoms with Crippen LogP contribution in [0.4, 0.5) is 4.39 Å². The zero-order valence-electron chi connectivity index (χ0n) is 10.1. The van der Waals surface area contributed by atoms with Crippen LogP contribution in [0.5, 0.6) is 0 Å². The van der Waals surface area contributed by atoms with E-state index in [1.165, 1.54) is 18.2 Å². The van der Waals surface area contributed by atoms with E-state index in [1.54, 1.807) is 4.90 Å². The number of hydrogen-bond acceptors (Lipinski definition) is 3. The number of nitrogens with zero attached hydrogens (tertiary/aromatic N) is 1. The summed E-state index contributed by atoms with van der Waals surface area (Å²) in [5, 5.41) is 9.63. The first-order chi connectivity index (χ1) is 8.49. The summed E-state index contributed by atoms with van der Waals surface area (Å²) in [4.78, 5) is 14.1. The van der Waals surface area contributed by atoms with Gasteiger partial charge in [0.05, 0.1) is 6.10 Å². The van der Waals surface area contributed by atoms with Crippen molar-refractivity contribution in [2.45, 2.75) is 24.3 Å². The second-order valence-electron chi connectivity index (χ2n) is 4.75. The number of carbonyl (C=O) groups is 1. The van der Waals surface area contributed by atoms with Crippen LogP contribution >= 0.6 is 12.6 Å². The molecule has 0 aromatic heterocycles. The maximum absolute atomic E-state index is 13.1. The van der Waals surface area contributed by atoms with Gasteiger partial charge in [-0.2, -0.15) is 0 Å². The fourth-order valence-electron chi connectivity index (χ4n) is 2.15. The monoisotopic (exact) mass is 269 g/mol. The maximum atomic E-state index is 13.1. The number of piperidine rings is 1. The molecular formula is C13H16FNO2S. The largest absolute Gasteiger partial charge is 0.393 e. The van der Waals surface area contributed by atoms with Crippen LogP contribution in [0.3, 0.4) is 0 Å². The molecule has 0 radical (unpaired) electrons. The van der Waals surface area contributed by atoms with Crippen molar-refractivity contribution < 1.29 is 14.3 Å². The SMILES string of the molecule is CC1CN(C(=O)c2ccc(F)c(S)c2)CCC1O. The lowest BCUT2D eigenvalue weighted by atomic mass is 9.96. The molecule has 1 aliphatic heterocycles. The topological polar surface area (TPSA) is 40.5 Å². The summed E-state index contributed by atoms with van der Waals surface area (Å²) in [5.41, 5.74) is 0.435. The fraction of sp³-hybridized carbons (Fsp3) is 0.462. The summed E-state index contributed by atoms with van der Waals surface area (Å²) in [5.74, 6) is -0.500. The molecule has 2 rings (SSSR count). The van der Waals surface area contributed by atoms with E-state index in [-0.39, 0.29) is 22.8 Å². The Morgan fingerprint density at radius 1 is 1.56 bits per heavy atom. The Labute approximate surface area is 111 Å². The number of thiol groups is 1. The average molecular weight is 269 g/mol. The highest BCUT2D eigenvalue weighted by molar-refractivity contribution is 7.80. The van der Waals surface area contributed by atoms with Crippen LogP contribution in [0.15, 0.2) is 23.1 Å². The van der Waals surface area contributed by atoms with Gasteiger partial charge in [0.15, 0.2) is 0 Å². The predicted molar refractivity (Wildman–Crippen MR) is 69.3 cm³/mol. The molecule has 2 unspecified atom stereocenters. The van der Waals surface area contributed by atoms with Crippen molar-refractivity contribution in [1.82, 2.24) is 4.90 Å². The highest BCUT2D eigenvalue weighted by atomic mass is 32.1. The summed E-state index contributed by atoms with van der Waals surface area (Å²) in [6.07, 6.45) is 0.240. The molecule has 98 valence electrons. The molecule has 5 heteroatoms. The number of aliphatic hydroxyl groups excluding tert-OH is 1. The summed E-state index contributed by atoms with van der Waals surface area (Å²) in [6, 6.07) is 4.15. The number of likely N-dealkylation sites (tertiary alicyclic amines) is 1. The van der Waals surface area contributed by atoms with Crippen molar-refractivity contribution >= 4 is 18.5 Å². The highest BCUT2D eigenvalue weighted by Gasteiger charge is 2.27. The zero-order valence-corrected chi connectivity index (χ0v) is 11.0. The standard InChI is InChI=1S/C13H16FNO2S/c1-8-7-15(5-4-11(8)16)13(17)9-2-3-10(14)12(18)6-9/h2-3,6,8,11,16,18H,4-5,7H2,1H3. The van der Waals surface area contributed by atoms with Crippen molar-refractivity contribution in [3.05, 3.63) is 29.6 Å². The highest BCUT2D eigenvalue weighted by Crippen LogP contribution is 2.20. The predicted octanol–water partition coefficient (Wildman–Crippen LogP) is 1.96. The smallest absolute Gasteiger partial charge is 0.253 e. The number of hydrogen-bond donors (Lipinski definition) is 2. The number of rotatable bonds is 1. The normalized spacial score (nSPS) is 24.1. The molecule has 1 aromatic carbocycles. The number of aliphatic hydroxyl groups is 1. The summed E-state index contributed by atoms with van der Waals surface area (Å²) < 4.78 is 13.1. The van der Waals surface area contributed by atoms with E-state index in [4.69, 9.17) is 0 Å². The van der Waals surface area contributed by atoms with Gasteiger partial charge in [-0.25, -0.2) is 4.39 Å². The third kappa shape index (κ3) is 2.67. The van der Waals surface area contributed by atoms with Gasteiger partial charge < -0.3 is 10.0 Å². The van der Waals surface area contributed by atoms with Gasteiger partial charge in [0.25, 0.3) is 5.91 Å². The van der Waals surface area contributed by atoms with Crippen LogP contribution in [0.25, 0.3) is 0 Å². The minimum Gasteiger partial charge on any atom is -0.393 e. The van der Waals surface area contributed by atoms with Crippen LogP contribution in [0, 0.1) is 11.7 Å². The number of halogens is 1. The first-order valence-corrected chi connectivity index (χ1v) is 6.39. The third-order valence-electron chi connectivity index (χ3n) is 3.34. The van der Waals surface area contributed by atoms with Crippen molar-refractivity contribution in [2.75, 3.05) is 13.1 Å². The lowest BCUT2D eigenvalue weighted by Crippen LogP contribution is -2.44. The summed E-state index contributed by atoms with van der Waals surface area (Å²) in [7, 11) is 0. The molecule has 1 N–H and O–H groups in total. The van der Waals surface area contributed by atoms with Gasteiger partial charge in [-0.05, 0) is 30.5 Å². The first-order valence-electron chi connectivity index (χ1n) is 5.95. The zero-order chi connectivity index (χ0) is 13.3. The van der Waals surface area contributed by atoms with Gasteiger partial charge in [0.2, 0.25) is 0 Å². The second-order valence-corrected chi connectivity index (χ2v) is 5.23. The van der Waals surface area contributed by atoms with E-state index in [0.29, 0.717) is 25.1 Å². The molecule has 0 spiro atoms. The van der Waals surface area contributed by atoms with Gasteiger partial charge in [-0.3, -0.25) is 4.79 Å². The maximum Gasteiger partial charge on any atom is 0.253 e. The lowest BCUT2D eigenvalue weighted by Gasteiger charge is -2.34. The molecule has 1 fully saturated rings. The number of benzene rings is 1. The molecule has 1 saturated heterocycles. The van der Waals surface area contributed by atoms with Gasteiger partial charge in [0.1, 0.15) is 5.82 Å². The molecule has 0 bridgehead atoms. The number of amides is 1. The van der Waals surface area contributed by atoms with Crippen molar-refractivity contribution in [1.29, 1.82) is 0 Å². The molecule has 2 atom stereocenters. The average Bonchev–Trinajstić information content (AvgIpc) is 2.35. The van der Waals surface area contributed by atoms with E-state index in [1.807, 2.05) is 6.92 Å². The lowest BCUT2D eigenvalue weighted by molar-refractivity contribution is 0.0297. The quantitative estimate of drug-likeness (QED) is 0.765. The molecule has 1 aromatic rings. The van der Waals surface area contributed by atoms with E-state index in [0.717, 1.165) is 0 Å². The second kappa shape index (κ2) is 5.28. The molecule has 3 nitrogen and oxygen atoms in total. The minimum atomic E-state index is -0.433. The van der Waals surface area contributed by atoms with Gasteiger partial charge in [-0.15, -0.1) is 12.6 Å². The Morgan fingerprint density at radius 3 is 2.89 bits per heavy atom. The van der Waals surface area contributed by atoms with Crippen molar-refractivity contribution in [3.8, 4) is 0 Å². The fourth-order valence-corrected chi connectivity index (χ4v) is 2.36. The Kier molecular flexibility index (Phi) is 3.92. The first kappa shape index (κ1) is 13.4. The molecule has 1 amide bonds. The van der Waals surface area contributed by atoms with Crippen molar-refractivity contribution in [3.63, 3.8) is 0 Å². The minimum absolute atomic E-state index is 0.0682. The molecule has 0 aliphatic carbocycles. The Bertz CT molecular complexity index is 466. The van der Waals surface area contributed by atoms with Crippen molar-refractivity contribution in [2.24, 2.45) is 5.92 Å². The molecule has 1 aliphatic rings. The van der Waals surface area contributed by atoms with E-state index < -0.39 is 5.82 Å². The Morgan fingerprint density at radius 2 is 2.28 bits per heavy atom. The third-order valence-corrected chi connectivity index (χ3v) is 3.68. The summed E-state index contributed by atoms with van der Waals surface area (Å²) in [6.45, 7) is 2.97. The molecular weight excluding hydrogens is 253 g/mol. The van der Waals surface area contributed by atoms with E-state index in [9.17, 15) is 14.3 Å². The van der Waals surface area contributed by atoms with Gasteiger partial charge >= 0.3 is 0 Å². The van der Waals surface area contributed by atoms with Crippen LogP contribution in [0.2, 0.25) is 0 Å². The summed E-state index contributed by atoms with van der Waals surface area (Å²) >= 11 is 3.97.